The summed E-state index contributed by atoms with van der Waals surface area (Å²) in [6.45, 7) is 8.71. The largest absolute Gasteiger partial charge is 0.444 e. The summed E-state index contributed by atoms with van der Waals surface area (Å²) < 4.78 is 5.50. The highest BCUT2D eigenvalue weighted by Crippen LogP contribution is 2.31. The van der Waals surface area contributed by atoms with Crippen LogP contribution in [0.4, 0.5) is 4.79 Å². The number of carbonyl (C=O) groups excluding carboxylic acids is 1. The Morgan fingerprint density at radius 2 is 1.84 bits per heavy atom. The Labute approximate surface area is 115 Å². The number of aliphatic hydroxyl groups excluding tert-OH is 1. The lowest BCUT2D eigenvalue weighted by Crippen LogP contribution is -2.56. The molecule has 5 nitrogen and oxygen atoms in total. The number of carbonyl (C=O) groups is 1. The topological polar surface area (TPSA) is 53.0 Å². The highest BCUT2D eigenvalue weighted by Gasteiger charge is 2.43. The van der Waals surface area contributed by atoms with Crippen molar-refractivity contribution in [3.63, 3.8) is 0 Å². The van der Waals surface area contributed by atoms with Crippen LogP contribution in [0.5, 0.6) is 0 Å². The third kappa shape index (κ3) is 3.60. The van der Waals surface area contributed by atoms with Crippen LogP contribution in [0.1, 0.15) is 40.0 Å². The molecule has 0 aromatic carbocycles. The second-order valence-electron chi connectivity index (χ2n) is 6.61. The minimum absolute atomic E-state index is 0.165. The minimum Gasteiger partial charge on any atom is -0.444 e. The Bertz CT molecular complexity index is 313. The van der Waals surface area contributed by atoms with E-state index in [2.05, 4.69) is 4.90 Å². The predicted octanol–water partition coefficient (Wildman–Crippen LogP) is 1.45. The normalized spacial score (nSPS) is 27.7. The average molecular weight is 270 g/mol. The van der Waals surface area contributed by atoms with E-state index in [-0.39, 0.29) is 24.8 Å². The van der Waals surface area contributed by atoms with Crippen molar-refractivity contribution in [2.24, 2.45) is 0 Å². The lowest BCUT2D eigenvalue weighted by atomic mass is 10.2. The zero-order valence-corrected chi connectivity index (χ0v) is 12.3. The summed E-state index contributed by atoms with van der Waals surface area (Å²) in [4.78, 5) is 16.5. The first kappa shape index (κ1) is 14.6. The fourth-order valence-electron chi connectivity index (χ4n) is 3.08. The molecule has 2 unspecified atom stereocenters. The Balaban J connectivity index is 1.93. The molecule has 2 aliphatic rings. The number of likely N-dealkylation sites (tertiary alicyclic amines) is 1. The summed E-state index contributed by atoms with van der Waals surface area (Å²) in [6.07, 6.45) is 2.78. The van der Waals surface area contributed by atoms with Gasteiger partial charge >= 0.3 is 6.09 Å². The van der Waals surface area contributed by atoms with E-state index in [0.717, 1.165) is 38.9 Å². The van der Waals surface area contributed by atoms with E-state index in [1.165, 1.54) is 0 Å². The summed E-state index contributed by atoms with van der Waals surface area (Å²) in [6, 6.07) is 0.569. The molecular formula is C14H26N2O3. The molecule has 0 spiro atoms. The van der Waals surface area contributed by atoms with E-state index in [4.69, 9.17) is 9.84 Å². The Kier molecular flexibility index (Phi) is 4.36. The molecule has 2 atom stereocenters. The summed E-state index contributed by atoms with van der Waals surface area (Å²) in [5.74, 6) is 0. The van der Waals surface area contributed by atoms with Crippen LogP contribution in [0.2, 0.25) is 0 Å². The zero-order chi connectivity index (χ0) is 14.0. The van der Waals surface area contributed by atoms with Gasteiger partial charge in [0.1, 0.15) is 5.60 Å². The quantitative estimate of drug-likeness (QED) is 0.843. The molecule has 0 radical (unpaired) electrons. The van der Waals surface area contributed by atoms with Crippen molar-refractivity contribution in [1.29, 1.82) is 0 Å². The van der Waals surface area contributed by atoms with Crippen molar-refractivity contribution in [3.05, 3.63) is 0 Å². The first-order valence-electron chi connectivity index (χ1n) is 7.25. The molecule has 2 saturated heterocycles. The minimum atomic E-state index is -0.426. The van der Waals surface area contributed by atoms with Crippen LogP contribution < -0.4 is 0 Å². The molecule has 0 aliphatic carbocycles. The van der Waals surface area contributed by atoms with Crippen LogP contribution in [0, 0.1) is 0 Å². The molecule has 0 saturated carbocycles. The summed E-state index contributed by atoms with van der Waals surface area (Å²) >= 11 is 0. The number of amides is 1. The van der Waals surface area contributed by atoms with E-state index < -0.39 is 5.60 Å². The predicted molar refractivity (Wildman–Crippen MR) is 73.0 cm³/mol. The molecule has 2 bridgehead atoms. The number of aliphatic hydroxyl groups is 1. The van der Waals surface area contributed by atoms with E-state index in [9.17, 15) is 4.79 Å². The lowest BCUT2D eigenvalue weighted by Gasteiger charge is -2.41. The number of hydrogen-bond donors (Lipinski definition) is 1. The molecular weight excluding hydrogens is 244 g/mol. The first-order valence-corrected chi connectivity index (χ1v) is 7.25. The van der Waals surface area contributed by atoms with Gasteiger partial charge in [0.2, 0.25) is 0 Å². The van der Waals surface area contributed by atoms with E-state index in [0.29, 0.717) is 0 Å². The second kappa shape index (κ2) is 5.67. The number of fused-ring (bicyclic) bond motifs is 2. The first-order chi connectivity index (χ1) is 8.90. The van der Waals surface area contributed by atoms with Crippen molar-refractivity contribution in [2.75, 3.05) is 26.2 Å². The molecule has 1 amide bonds. The number of rotatable bonds is 3. The molecule has 2 heterocycles. The highest BCUT2D eigenvalue weighted by molar-refractivity contribution is 5.69. The highest BCUT2D eigenvalue weighted by atomic mass is 16.6. The van der Waals surface area contributed by atoms with Crippen LogP contribution in [0.25, 0.3) is 0 Å². The van der Waals surface area contributed by atoms with Crippen molar-refractivity contribution in [2.45, 2.75) is 57.7 Å². The molecule has 110 valence electrons. The Morgan fingerprint density at radius 1 is 1.26 bits per heavy atom. The molecule has 1 N–H and O–H groups in total. The molecule has 5 heteroatoms. The van der Waals surface area contributed by atoms with E-state index >= 15 is 0 Å². The summed E-state index contributed by atoms with van der Waals surface area (Å²) in [5, 5.41) is 8.90. The lowest BCUT2D eigenvalue weighted by molar-refractivity contribution is -0.00495. The van der Waals surface area contributed by atoms with Crippen LogP contribution >= 0.6 is 0 Å². The van der Waals surface area contributed by atoms with Gasteiger partial charge in [-0.1, -0.05) is 0 Å². The Morgan fingerprint density at radius 3 is 2.32 bits per heavy atom. The smallest absolute Gasteiger partial charge is 0.410 e. The SMILES string of the molecule is CC(C)(C)OC(=O)N1C2CCC1CN(CCCO)C2. The van der Waals surface area contributed by atoms with E-state index in [1.807, 2.05) is 25.7 Å². The second-order valence-corrected chi connectivity index (χ2v) is 6.61. The zero-order valence-electron chi connectivity index (χ0n) is 12.3. The van der Waals surface area contributed by atoms with Gasteiger partial charge in [0.15, 0.2) is 0 Å². The van der Waals surface area contributed by atoms with Gasteiger partial charge in [0.25, 0.3) is 0 Å². The fraction of sp³-hybridized carbons (Fsp3) is 0.929. The number of piperazine rings is 1. The van der Waals surface area contributed by atoms with Crippen molar-refractivity contribution in [3.8, 4) is 0 Å². The molecule has 2 fully saturated rings. The summed E-state index contributed by atoms with van der Waals surface area (Å²) in [7, 11) is 0. The number of nitrogens with zero attached hydrogens (tertiary/aromatic N) is 2. The molecule has 19 heavy (non-hydrogen) atoms. The van der Waals surface area contributed by atoms with Gasteiger partial charge in [0, 0.05) is 38.3 Å². The standard InChI is InChI=1S/C14H26N2O3/c1-14(2,3)19-13(18)16-11-5-6-12(16)10-15(9-11)7-4-8-17/h11-12,17H,4-10H2,1-3H3. The fourth-order valence-corrected chi connectivity index (χ4v) is 3.08. The van der Waals surface area contributed by atoms with Crippen LogP contribution in [0.15, 0.2) is 0 Å². The maximum Gasteiger partial charge on any atom is 0.410 e. The van der Waals surface area contributed by atoms with Crippen LogP contribution in [-0.4, -0.2) is 64.9 Å². The third-order valence-corrected chi connectivity index (χ3v) is 3.79. The van der Waals surface area contributed by atoms with Gasteiger partial charge in [-0.25, -0.2) is 4.79 Å². The van der Waals surface area contributed by atoms with Gasteiger partial charge in [-0.05, 0) is 40.0 Å². The third-order valence-electron chi connectivity index (χ3n) is 3.79. The van der Waals surface area contributed by atoms with Crippen molar-refractivity contribution in [1.82, 2.24) is 9.80 Å². The van der Waals surface area contributed by atoms with Crippen molar-refractivity contribution < 1.29 is 14.6 Å². The number of ether oxygens (including phenoxy) is 1. The molecule has 2 rings (SSSR count). The molecule has 2 aliphatic heterocycles. The van der Waals surface area contributed by atoms with Gasteiger partial charge in [0.05, 0.1) is 0 Å². The maximum atomic E-state index is 12.2. The monoisotopic (exact) mass is 270 g/mol. The van der Waals surface area contributed by atoms with Crippen molar-refractivity contribution >= 4 is 6.09 Å². The number of hydrogen-bond acceptors (Lipinski definition) is 4. The molecule has 0 aromatic heterocycles. The van der Waals surface area contributed by atoms with Crippen LogP contribution in [-0.2, 0) is 4.74 Å². The average Bonchev–Trinajstić information content (AvgIpc) is 2.56. The van der Waals surface area contributed by atoms with E-state index in [1.54, 1.807) is 0 Å². The summed E-state index contributed by atoms with van der Waals surface area (Å²) in [5.41, 5.74) is -0.426. The van der Waals surface area contributed by atoms with Gasteiger partial charge in [-0.15, -0.1) is 0 Å². The maximum absolute atomic E-state index is 12.2. The molecule has 0 aromatic rings. The van der Waals surface area contributed by atoms with Gasteiger partial charge in [-0.2, -0.15) is 0 Å². The van der Waals surface area contributed by atoms with Gasteiger partial charge < -0.3 is 9.84 Å². The Hall–Kier alpha value is -0.810. The van der Waals surface area contributed by atoms with Gasteiger partial charge in [-0.3, -0.25) is 9.80 Å². The van der Waals surface area contributed by atoms with Crippen LogP contribution in [0.3, 0.4) is 0 Å².